The van der Waals surface area contributed by atoms with Gasteiger partial charge >= 0.3 is 0 Å². The summed E-state index contributed by atoms with van der Waals surface area (Å²) in [6.07, 6.45) is 2.03. The number of hydrogen-bond acceptors (Lipinski definition) is 7. The third kappa shape index (κ3) is 7.33. The van der Waals surface area contributed by atoms with Gasteiger partial charge in [0.15, 0.2) is 0 Å². The Labute approximate surface area is 204 Å². The normalized spacial score (nSPS) is 14.3. The van der Waals surface area contributed by atoms with E-state index in [1.165, 1.54) is 0 Å². The summed E-state index contributed by atoms with van der Waals surface area (Å²) in [4.78, 5) is 41.5. The van der Waals surface area contributed by atoms with E-state index in [-0.39, 0.29) is 33.7 Å². The number of rotatable bonds is 10. The molecule has 10 heteroatoms. The zero-order valence-corrected chi connectivity index (χ0v) is 21.0. The average molecular weight is 487 g/mol. The van der Waals surface area contributed by atoms with Crippen LogP contribution >= 0.6 is 11.3 Å². The molecule has 1 aromatic heterocycles. The molecule has 34 heavy (non-hydrogen) atoms. The molecule has 0 aliphatic carbocycles. The Morgan fingerprint density at radius 3 is 2.35 bits per heavy atom. The Kier molecular flexibility index (Phi) is 9.52. The van der Waals surface area contributed by atoms with E-state index in [1.807, 2.05) is 31.2 Å². The predicted molar refractivity (Wildman–Crippen MR) is 133 cm³/mol. The first-order chi connectivity index (χ1) is 16.4. The van der Waals surface area contributed by atoms with Crippen molar-refractivity contribution in [3.05, 3.63) is 39.8 Å². The van der Waals surface area contributed by atoms with Gasteiger partial charge in [-0.1, -0.05) is 42.9 Å². The fraction of sp³-hybridized carbons (Fsp3) is 0.542. The molecule has 1 aliphatic rings. The number of nitrogens with zero attached hydrogens (tertiary/aromatic N) is 4. The molecule has 3 amide bonds. The Bertz CT molecular complexity index is 965. The summed E-state index contributed by atoms with van der Waals surface area (Å²) in [6, 6.07) is 7.44. The third-order valence-electron chi connectivity index (χ3n) is 6.13. The summed E-state index contributed by atoms with van der Waals surface area (Å²) in [7, 11) is 0. The van der Waals surface area contributed by atoms with Crippen molar-refractivity contribution in [3.63, 3.8) is 0 Å². The fourth-order valence-corrected chi connectivity index (χ4v) is 4.63. The van der Waals surface area contributed by atoms with Crippen molar-refractivity contribution in [2.75, 3.05) is 44.6 Å². The van der Waals surface area contributed by atoms with E-state index < -0.39 is 0 Å². The highest BCUT2D eigenvalue weighted by Crippen LogP contribution is 2.23. The maximum atomic E-state index is 12.8. The molecule has 0 saturated carbocycles. The molecule has 0 spiro atoms. The Balaban J connectivity index is 1.43. The van der Waals surface area contributed by atoms with Gasteiger partial charge < -0.3 is 20.4 Å². The minimum absolute atomic E-state index is 0.0743. The van der Waals surface area contributed by atoms with Crippen LogP contribution in [0.5, 0.6) is 0 Å². The van der Waals surface area contributed by atoms with Crippen LogP contribution in [-0.4, -0.2) is 77.0 Å². The number of aromatic nitrogens is 2. The van der Waals surface area contributed by atoms with Gasteiger partial charge in [-0.15, -0.1) is 10.2 Å². The van der Waals surface area contributed by atoms with E-state index in [9.17, 15) is 14.4 Å². The lowest BCUT2D eigenvalue weighted by Crippen LogP contribution is -2.40. The average Bonchev–Trinajstić information content (AvgIpc) is 3.34. The highest BCUT2D eigenvalue weighted by Gasteiger charge is 2.28. The SMILES string of the molecule is CCN(CC)CCNC(=O)CC1CCN(C(=O)c2nnc(C(=O)Nc3ccc(C)cc3)s2)CC1. The molecule has 1 fully saturated rings. The maximum absolute atomic E-state index is 12.8. The van der Waals surface area contributed by atoms with Gasteiger partial charge in [-0.3, -0.25) is 14.4 Å². The first-order valence-corrected chi connectivity index (χ1v) is 12.7. The Hall–Kier alpha value is -2.85. The summed E-state index contributed by atoms with van der Waals surface area (Å²) < 4.78 is 0. The second kappa shape index (κ2) is 12.6. The standard InChI is InChI=1S/C24H34N6O3S/c1-4-29(5-2)15-12-25-20(31)16-18-10-13-30(14-11-18)24(33)23-28-27-22(34-23)21(32)26-19-8-6-17(3)7-9-19/h6-9,18H,4-5,10-16H2,1-3H3,(H,25,31)(H,26,32). The molecular weight excluding hydrogens is 452 g/mol. The number of benzene rings is 1. The minimum atomic E-state index is -0.383. The van der Waals surface area contributed by atoms with Crippen molar-refractivity contribution in [1.82, 2.24) is 25.3 Å². The monoisotopic (exact) mass is 486 g/mol. The van der Waals surface area contributed by atoms with Gasteiger partial charge in [0, 0.05) is 38.3 Å². The number of carbonyl (C=O) groups excluding carboxylic acids is 3. The Morgan fingerprint density at radius 2 is 1.71 bits per heavy atom. The number of carbonyl (C=O) groups is 3. The van der Waals surface area contributed by atoms with E-state index >= 15 is 0 Å². The van der Waals surface area contributed by atoms with Crippen molar-refractivity contribution < 1.29 is 14.4 Å². The molecule has 1 saturated heterocycles. The number of nitrogens with one attached hydrogen (secondary N) is 2. The molecule has 0 radical (unpaired) electrons. The zero-order valence-electron chi connectivity index (χ0n) is 20.2. The van der Waals surface area contributed by atoms with Crippen LogP contribution in [0.4, 0.5) is 5.69 Å². The summed E-state index contributed by atoms with van der Waals surface area (Å²) >= 11 is 0.998. The van der Waals surface area contributed by atoms with E-state index in [0.717, 1.165) is 49.4 Å². The van der Waals surface area contributed by atoms with E-state index in [4.69, 9.17) is 0 Å². The van der Waals surface area contributed by atoms with Crippen LogP contribution in [0.2, 0.25) is 0 Å². The fourth-order valence-electron chi connectivity index (χ4n) is 3.93. The van der Waals surface area contributed by atoms with Crippen LogP contribution in [0.25, 0.3) is 0 Å². The molecular formula is C24H34N6O3S. The smallest absolute Gasteiger partial charge is 0.286 e. The molecule has 2 N–H and O–H groups in total. The van der Waals surface area contributed by atoms with E-state index in [0.29, 0.717) is 31.7 Å². The van der Waals surface area contributed by atoms with Crippen LogP contribution in [0, 0.1) is 12.8 Å². The number of hydrogen-bond donors (Lipinski definition) is 2. The van der Waals surface area contributed by atoms with Crippen LogP contribution in [0.15, 0.2) is 24.3 Å². The molecule has 0 unspecified atom stereocenters. The number of piperidine rings is 1. The lowest BCUT2D eigenvalue weighted by atomic mass is 9.93. The molecule has 184 valence electrons. The molecule has 0 bridgehead atoms. The molecule has 0 atom stereocenters. The molecule has 2 heterocycles. The first-order valence-electron chi connectivity index (χ1n) is 11.9. The number of amides is 3. The highest BCUT2D eigenvalue weighted by atomic mass is 32.1. The van der Waals surface area contributed by atoms with Crippen molar-refractivity contribution in [2.24, 2.45) is 5.92 Å². The summed E-state index contributed by atoms with van der Waals surface area (Å²) in [5.74, 6) is -0.256. The van der Waals surface area contributed by atoms with Gasteiger partial charge in [-0.25, -0.2) is 0 Å². The minimum Gasteiger partial charge on any atom is -0.355 e. The predicted octanol–water partition coefficient (Wildman–Crippen LogP) is 2.80. The highest BCUT2D eigenvalue weighted by molar-refractivity contribution is 7.15. The van der Waals surface area contributed by atoms with Gasteiger partial charge in [0.2, 0.25) is 15.9 Å². The number of likely N-dealkylation sites (N-methyl/N-ethyl adjacent to an activating group) is 1. The number of likely N-dealkylation sites (tertiary alicyclic amines) is 1. The van der Waals surface area contributed by atoms with Gasteiger partial charge in [-0.2, -0.15) is 0 Å². The van der Waals surface area contributed by atoms with Gasteiger partial charge in [0.25, 0.3) is 11.8 Å². The van der Waals surface area contributed by atoms with Crippen molar-refractivity contribution >= 4 is 34.7 Å². The van der Waals surface area contributed by atoms with Gasteiger partial charge in [0.05, 0.1) is 0 Å². The van der Waals surface area contributed by atoms with Crippen LogP contribution in [0.1, 0.15) is 58.3 Å². The largest absolute Gasteiger partial charge is 0.355 e. The molecule has 9 nitrogen and oxygen atoms in total. The number of anilines is 1. The number of aryl methyl sites for hydroxylation is 1. The summed E-state index contributed by atoms with van der Waals surface area (Å²) in [5, 5.41) is 14.0. The Morgan fingerprint density at radius 1 is 1.06 bits per heavy atom. The lowest BCUT2D eigenvalue weighted by molar-refractivity contribution is -0.122. The molecule has 3 rings (SSSR count). The maximum Gasteiger partial charge on any atom is 0.286 e. The quantitative estimate of drug-likeness (QED) is 0.535. The van der Waals surface area contributed by atoms with Crippen LogP contribution < -0.4 is 10.6 Å². The van der Waals surface area contributed by atoms with Gasteiger partial charge in [-0.05, 0) is 50.9 Å². The van der Waals surface area contributed by atoms with E-state index in [2.05, 4.69) is 39.6 Å². The van der Waals surface area contributed by atoms with Crippen molar-refractivity contribution in [3.8, 4) is 0 Å². The van der Waals surface area contributed by atoms with Crippen LogP contribution in [-0.2, 0) is 4.79 Å². The summed E-state index contributed by atoms with van der Waals surface area (Å²) in [5.41, 5.74) is 1.76. The topological polar surface area (TPSA) is 108 Å². The van der Waals surface area contributed by atoms with Crippen molar-refractivity contribution in [2.45, 2.75) is 40.0 Å². The lowest BCUT2D eigenvalue weighted by Gasteiger charge is -2.31. The second-order valence-corrected chi connectivity index (χ2v) is 9.53. The summed E-state index contributed by atoms with van der Waals surface area (Å²) in [6.45, 7) is 10.8. The van der Waals surface area contributed by atoms with E-state index in [1.54, 1.807) is 4.90 Å². The van der Waals surface area contributed by atoms with Gasteiger partial charge in [0.1, 0.15) is 0 Å². The van der Waals surface area contributed by atoms with Crippen LogP contribution in [0.3, 0.4) is 0 Å². The first kappa shape index (κ1) is 25.8. The van der Waals surface area contributed by atoms with Crippen molar-refractivity contribution in [1.29, 1.82) is 0 Å². The molecule has 2 aromatic rings. The molecule has 1 aromatic carbocycles. The second-order valence-electron chi connectivity index (χ2n) is 8.55. The third-order valence-corrected chi connectivity index (χ3v) is 7.04. The zero-order chi connectivity index (χ0) is 24.5. The molecule has 1 aliphatic heterocycles.